The second-order valence-electron chi connectivity index (χ2n) is 8.40. The molecule has 3 aromatic carbocycles. The zero-order chi connectivity index (χ0) is 26.4. The van der Waals surface area contributed by atoms with Crippen LogP contribution in [-0.4, -0.2) is 65.9 Å². The van der Waals surface area contributed by atoms with Gasteiger partial charge in [-0.2, -0.15) is 4.31 Å². The van der Waals surface area contributed by atoms with Crippen molar-refractivity contribution in [1.29, 1.82) is 0 Å². The Balaban J connectivity index is 1.25. The minimum Gasteiger partial charge on any atom is -0.379 e. The van der Waals surface area contributed by atoms with Gasteiger partial charge in [0, 0.05) is 29.9 Å². The smallest absolute Gasteiger partial charge is 0.243 e. The van der Waals surface area contributed by atoms with Gasteiger partial charge in [-0.15, -0.1) is 10.2 Å². The summed E-state index contributed by atoms with van der Waals surface area (Å²) in [7, 11) is -3.59. The Hall–Kier alpha value is -3.64. The molecule has 0 aliphatic carbocycles. The number of aromatic nitrogens is 3. The normalized spacial score (nSPS) is 14.2. The number of amides is 1. The SMILES string of the molecule is O=C(CSc1nnc(-c2ccccc2)c(-c2ccccc2)n1)Nc1ccc(S(=O)(=O)N2CCOCC2)cc1. The molecule has 1 aliphatic heterocycles. The molecule has 1 amide bonds. The van der Waals surface area contributed by atoms with Gasteiger partial charge in [-0.05, 0) is 24.3 Å². The third kappa shape index (κ3) is 6.08. The second-order valence-corrected chi connectivity index (χ2v) is 11.3. The van der Waals surface area contributed by atoms with Gasteiger partial charge in [0.25, 0.3) is 0 Å². The number of hydrogen-bond acceptors (Lipinski definition) is 8. The Morgan fingerprint density at radius 3 is 2.08 bits per heavy atom. The Kier molecular flexibility index (Phi) is 8.08. The lowest BCUT2D eigenvalue weighted by Gasteiger charge is -2.26. The van der Waals surface area contributed by atoms with E-state index in [1.807, 2.05) is 60.7 Å². The van der Waals surface area contributed by atoms with Crippen molar-refractivity contribution in [3.8, 4) is 22.5 Å². The van der Waals surface area contributed by atoms with Crippen LogP contribution in [0.4, 0.5) is 5.69 Å². The summed E-state index contributed by atoms with van der Waals surface area (Å²) >= 11 is 1.18. The van der Waals surface area contributed by atoms with Crippen LogP contribution < -0.4 is 5.32 Å². The van der Waals surface area contributed by atoms with Crippen LogP contribution in [0.25, 0.3) is 22.5 Å². The van der Waals surface area contributed by atoms with E-state index in [0.717, 1.165) is 11.1 Å². The molecule has 194 valence electrons. The standard InChI is InChI=1S/C27H25N5O4S2/c33-24(28-22-11-13-23(14-12-22)38(34,35)32-15-17-36-18-16-32)19-37-27-29-25(20-7-3-1-4-8-20)26(30-31-27)21-9-5-2-6-10-21/h1-14H,15-19H2,(H,28,33). The van der Waals surface area contributed by atoms with E-state index in [1.54, 1.807) is 12.1 Å². The van der Waals surface area contributed by atoms with Crippen molar-refractivity contribution < 1.29 is 17.9 Å². The van der Waals surface area contributed by atoms with E-state index >= 15 is 0 Å². The number of thioether (sulfide) groups is 1. The number of nitrogens with zero attached hydrogens (tertiary/aromatic N) is 4. The van der Waals surface area contributed by atoms with Crippen LogP contribution in [-0.2, 0) is 19.6 Å². The number of carbonyl (C=O) groups is 1. The fourth-order valence-electron chi connectivity index (χ4n) is 3.93. The first-order valence-corrected chi connectivity index (χ1v) is 14.4. The lowest BCUT2D eigenvalue weighted by atomic mass is 10.0. The molecule has 1 N–H and O–H groups in total. The molecule has 0 unspecified atom stereocenters. The first kappa shape index (κ1) is 26.0. The number of benzene rings is 3. The molecule has 0 atom stereocenters. The molecule has 38 heavy (non-hydrogen) atoms. The minimum atomic E-state index is -3.59. The predicted octanol–water partition coefficient (Wildman–Crippen LogP) is 3.96. The Bertz CT molecular complexity index is 1500. The van der Waals surface area contributed by atoms with Gasteiger partial charge in [0.1, 0.15) is 11.4 Å². The van der Waals surface area contributed by atoms with Crippen LogP contribution >= 0.6 is 11.8 Å². The maximum atomic E-state index is 12.8. The third-order valence-corrected chi connectivity index (χ3v) is 8.59. The van der Waals surface area contributed by atoms with Crippen LogP contribution in [0.1, 0.15) is 0 Å². The molecule has 1 aliphatic rings. The minimum absolute atomic E-state index is 0.0639. The lowest BCUT2D eigenvalue weighted by molar-refractivity contribution is -0.113. The molecule has 0 bridgehead atoms. The zero-order valence-electron chi connectivity index (χ0n) is 20.4. The highest BCUT2D eigenvalue weighted by atomic mass is 32.2. The molecule has 0 radical (unpaired) electrons. The number of carbonyl (C=O) groups excluding carboxylic acids is 1. The first-order chi connectivity index (χ1) is 18.5. The van der Waals surface area contributed by atoms with Crippen LogP contribution in [0.15, 0.2) is 95.0 Å². The lowest BCUT2D eigenvalue weighted by Crippen LogP contribution is -2.40. The summed E-state index contributed by atoms with van der Waals surface area (Å²) in [5.41, 5.74) is 3.66. The molecule has 1 aromatic heterocycles. The van der Waals surface area contributed by atoms with Crippen LogP contribution in [0.3, 0.4) is 0 Å². The summed E-state index contributed by atoms with van der Waals surface area (Å²) in [5.74, 6) is -0.204. The van der Waals surface area contributed by atoms with Crippen LogP contribution in [0, 0.1) is 0 Å². The van der Waals surface area contributed by atoms with Crippen LogP contribution in [0.5, 0.6) is 0 Å². The van der Waals surface area contributed by atoms with Gasteiger partial charge in [-0.1, -0.05) is 72.4 Å². The number of nitrogens with one attached hydrogen (secondary N) is 1. The van der Waals surface area contributed by atoms with Crippen molar-refractivity contribution in [2.75, 3.05) is 37.4 Å². The zero-order valence-corrected chi connectivity index (χ0v) is 22.0. The Labute approximate surface area is 225 Å². The van der Waals surface area contributed by atoms with E-state index in [-0.39, 0.29) is 16.6 Å². The summed E-state index contributed by atoms with van der Waals surface area (Å²) in [4.78, 5) is 17.5. The summed E-state index contributed by atoms with van der Waals surface area (Å²) in [6.07, 6.45) is 0. The van der Waals surface area contributed by atoms with Crippen molar-refractivity contribution in [2.24, 2.45) is 0 Å². The van der Waals surface area contributed by atoms with Gasteiger partial charge in [0.2, 0.25) is 21.1 Å². The van der Waals surface area contributed by atoms with Gasteiger partial charge in [0.15, 0.2) is 0 Å². The fraction of sp³-hybridized carbons (Fsp3) is 0.185. The number of hydrogen-bond donors (Lipinski definition) is 1. The highest BCUT2D eigenvalue weighted by Crippen LogP contribution is 2.29. The average Bonchev–Trinajstić information content (AvgIpc) is 2.97. The summed E-state index contributed by atoms with van der Waals surface area (Å²) in [6.45, 7) is 1.42. The van der Waals surface area contributed by atoms with Crippen LogP contribution in [0.2, 0.25) is 0 Å². The molecular formula is C27H25N5O4S2. The van der Waals surface area contributed by atoms with Crippen molar-refractivity contribution in [3.63, 3.8) is 0 Å². The van der Waals surface area contributed by atoms with Gasteiger partial charge < -0.3 is 10.1 Å². The Morgan fingerprint density at radius 2 is 1.45 bits per heavy atom. The molecule has 4 aromatic rings. The predicted molar refractivity (Wildman–Crippen MR) is 146 cm³/mol. The third-order valence-electron chi connectivity index (χ3n) is 5.84. The molecule has 1 fully saturated rings. The molecule has 11 heteroatoms. The first-order valence-electron chi connectivity index (χ1n) is 12.0. The van der Waals surface area contributed by atoms with Gasteiger partial charge in [0.05, 0.1) is 23.9 Å². The van der Waals surface area contributed by atoms with E-state index in [1.165, 1.54) is 28.2 Å². The van der Waals surface area contributed by atoms with E-state index in [9.17, 15) is 13.2 Å². The second kappa shape index (κ2) is 11.8. The monoisotopic (exact) mass is 547 g/mol. The number of sulfonamides is 1. The molecule has 0 saturated carbocycles. The van der Waals surface area contributed by atoms with E-state index in [0.29, 0.717) is 48.5 Å². The highest BCUT2D eigenvalue weighted by Gasteiger charge is 2.26. The van der Waals surface area contributed by atoms with Crippen molar-refractivity contribution in [2.45, 2.75) is 10.1 Å². The number of rotatable bonds is 8. The maximum absolute atomic E-state index is 12.8. The largest absolute Gasteiger partial charge is 0.379 e. The van der Waals surface area contributed by atoms with Crippen molar-refractivity contribution >= 4 is 33.4 Å². The highest BCUT2D eigenvalue weighted by molar-refractivity contribution is 7.99. The van der Waals surface area contributed by atoms with Gasteiger partial charge in [-0.3, -0.25) is 4.79 Å². The summed E-state index contributed by atoms with van der Waals surface area (Å²) < 4.78 is 32.2. The number of morpholine rings is 1. The van der Waals surface area contributed by atoms with E-state index in [2.05, 4.69) is 15.5 Å². The van der Waals surface area contributed by atoms with Crippen molar-refractivity contribution in [1.82, 2.24) is 19.5 Å². The summed E-state index contributed by atoms with van der Waals surface area (Å²) in [5, 5.41) is 11.8. The Morgan fingerprint density at radius 1 is 0.842 bits per heavy atom. The fourth-order valence-corrected chi connectivity index (χ4v) is 5.93. The molecule has 0 spiro atoms. The van der Waals surface area contributed by atoms with Gasteiger partial charge in [-0.25, -0.2) is 13.4 Å². The number of anilines is 1. The molecule has 9 nitrogen and oxygen atoms in total. The molecule has 1 saturated heterocycles. The number of ether oxygens (including phenoxy) is 1. The molecular weight excluding hydrogens is 522 g/mol. The topological polar surface area (TPSA) is 114 Å². The summed E-state index contributed by atoms with van der Waals surface area (Å²) in [6, 6.07) is 25.6. The average molecular weight is 548 g/mol. The van der Waals surface area contributed by atoms with E-state index < -0.39 is 10.0 Å². The molecule has 5 rings (SSSR count). The maximum Gasteiger partial charge on any atom is 0.243 e. The quantitative estimate of drug-likeness (QED) is 0.330. The van der Waals surface area contributed by atoms with Crippen molar-refractivity contribution in [3.05, 3.63) is 84.9 Å². The van der Waals surface area contributed by atoms with E-state index in [4.69, 9.17) is 9.72 Å². The van der Waals surface area contributed by atoms with Gasteiger partial charge >= 0.3 is 0 Å². The molecule has 2 heterocycles.